The van der Waals surface area contributed by atoms with Gasteiger partial charge in [-0.15, -0.1) is 0 Å². The zero-order valence-corrected chi connectivity index (χ0v) is 10.8. The Labute approximate surface area is 112 Å². The number of carboxylic acid groups (broad SMARTS) is 1. The van der Waals surface area contributed by atoms with Gasteiger partial charge in [-0.1, -0.05) is 12.1 Å². The van der Waals surface area contributed by atoms with E-state index in [1.807, 2.05) is 30.0 Å². The minimum Gasteiger partial charge on any atom is -0.480 e. The van der Waals surface area contributed by atoms with Gasteiger partial charge < -0.3 is 10.8 Å². The van der Waals surface area contributed by atoms with Crippen molar-refractivity contribution in [2.45, 2.75) is 24.9 Å². The zero-order chi connectivity index (χ0) is 14.0. The van der Waals surface area contributed by atoms with Crippen LogP contribution in [0.25, 0.3) is 0 Å². The number of hydrogen-bond acceptors (Lipinski definition) is 4. The predicted molar refractivity (Wildman–Crippen MR) is 70.3 cm³/mol. The first-order chi connectivity index (χ1) is 8.96. The van der Waals surface area contributed by atoms with Gasteiger partial charge in [0.1, 0.15) is 5.54 Å². The Kier molecular flexibility index (Phi) is 3.56. The van der Waals surface area contributed by atoms with Gasteiger partial charge in [0.2, 0.25) is 0 Å². The summed E-state index contributed by atoms with van der Waals surface area (Å²) in [5, 5.41) is 18.0. The third-order valence-corrected chi connectivity index (χ3v) is 3.80. The number of carbonyl (C=O) groups is 1. The van der Waals surface area contributed by atoms with Crippen LogP contribution < -0.4 is 5.73 Å². The Bertz CT molecular complexity index is 538. The quantitative estimate of drug-likeness (QED) is 0.848. The molecule has 1 aliphatic rings. The first kappa shape index (κ1) is 13.5. The molecule has 100 valence electrons. The van der Waals surface area contributed by atoms with Crippen LogP contribution in [0.3, 0.4) is 0 Å². The number of carboxylic acids is 1. The van der Waals surface area contributed by atoms with Crippen molar-refractivity contribution in [2.75, 3.05) is 13.1 Å². The standard InChI is InChI=1S/C14H17N3O2/c1-10(12-4-2-3-11(7-12)8-15)17-6-5-14(16,9-17)13(18)19/h2-4,7,10H,5-6,9,16H2,1H3,(H,18,19). The van der Waals surface area contributed by atoms with Crippen molar-refractivity contribution in [1.29, 1.82) is 5.26 Å². The number of aliphatic carboxylic acids is 1. The topological polar surface area (TPSA) is 90.4 Å². The summed E-state index contributed by atoms with van der Waals surface area (Å²) in [5.74, 6) is -0.951. The fourth-order valence-electron chi connectivity index (χ4n) is 2.45. The van der Waals surface area contributed by atoms with Crippen molar-refractivity contribution in [2.24, 2.45) is 5.73 Å². The molecule has 0 radical (unpaired) electrons. The Hall–Kier alpha value is -1.90. The molecule has 1 aromatic rings. The van der Waals surface area contributed by atoms with Crippen molar-refractivity contribution in [3.63, 3.8) is 0 Å². The molecular weight excluding hydrogens is 242 g/mol. The molecule has 0 aromatic heterocycles. The maximum Gasteiger partial charge on any atom is 0.325 e. The molecule has 2 atom stereocenters. The van der Waals surface area contributed by atoms with E-state index < -0.39 is 11.5 Å². The lowest BCUT2D eigenvalue weighted by Crippen LogP contribution is -2.50. The largest absolute Gasteiger partial charge is 0.480 e. The van der Waals surface area contributed by atoms with Gasteiger partial charge in [0.25, 0.3) is 0 Å². The molecule has 1 aliphatic heterocycles. The third kappa shape index (κ3) is 2.60. The van der Waals surface area contributed by atoms with Crippen LogP contribution in [0.5, 0.6) is 0 Å². The van der Waals surface area contributed by atoms with Crippen LogP contribution in [0.4, 0.5) is 0 Å². The summed E-state index contributed by atoms with van der Waals surface area (Å²) in [6.45, 7) is 2.99. The van der Waals surface area contributed by atoms with E-state index in [1.165, 1.54) is 0 Å². The number of nitriles is 1. The minimum atomic E-state index is -1.15. The second-order valence-corrected chi connectivity index (χ2v) is 5.10. The highest BCUT2D eigenvalue weighted by molar-refractivity contribution is 5.79. The molecule has 0 aliphatic carbocycles. The lowest BCUT2D eigenvalue weighted by atomic mass is 10.0. The number of likely N-dealkylation sites (tertiary alicyclic amines) is 1. The Morgan fingerprint density at radius 2 is 2.37 bits per heavy atom. The number of nitrogens with two attached hydrogens (primary N) is 1. The summed E-state index contributed by atoms with van der Waals surface area (Å²) >= 11 is 0. The number of rotatable bonds is 3. The summed E-state index contributed by atoms with van der Waals surface area (Å²) in [6.07, 6.45) is 0.449. The lowest BCUT2D eigenvalue weighted by Gasteiger charge is -2.26. The van der Waals surface area contributed by atoms with Crippen LogP contribution in [0.15, 0.2) is 24.3 Å². The Balaban J connectivity index is 2.15. The van der Waals surface area contributed by atoms with Crippen LogP contribution in [0.2, 0.25) is 0 Å². The van der Waals surface area contributed by atoms with E-state index in [2.05, 4.69) is 6.07 Å². The molecule has 3 N–H and O–H groups in total. The van der Waals surface area contributed by atoms with Gasteiger partial charge in [0.15, 0.2) is 0 Å². The van der Waals surface area contributed by atoms with E-state index in [9.17, 15) is 4.79 Å². The summed E-state index contributed by atoms with van der Waals surface area (Å²) < 4.78 is 0. The highest BCUT2D eigenvalue weighted by Gasteiger charge is 2.42. The second kappa shape index (κ2) is 5.00. The molecule has 1 aromatic carbocycles. The number of benzene rings is 1. The maximum atomic E-state index is 11.1. The fraction of sp³-hybridized carbons (Fsp3) is 0.429. The molecule has 2 unspecified atom stereocenters. The smallest absolute Gasteiger partial charge is 0.325 e. The van der Waals surface area contributed by atoms with E-state index in [4.69, 9.17) is 16.1 Å². The Morgan fingerprint density at radius 3 is 2.95 bits per heavy atom. The van der Waals surface area contributed by atoms with E-state index in [-0.39, 0.29) is 6.04 Å². The van der Waals surface area contributed by atoms with Gasteiger partial charge in [0.05, 0.1) is 11.6 Å². The molecule has 0 bridgehead atoms. The van der Waals surface area contributed by atoms with E-state index in [1.54, 1.807) is 6.07 Å². The van der Waals surface area contributed by atoms with Crippen molar-refractivity contribution < 1.29 is 9.90 Å². The summed E-state index contributed by atoms with van der Waals surface area (Å²) in [5.41, 5.74) is 6.34. The van der Waals surface area contributed by atoms with Gasteiger partial charge >= 0.3 is 5.97 Å². The molecule has 1 saturated heterocycles. The number of nitrogens with zero attached hydrogens (tertiary/aromatic N) is 2. The first-order valence-electron chi connectivity index (χ1n) is 6.23. The van der Waals surface area contributed by atoms with Gasteiger partial charge in [-0.05, 0) is 31.0 Å². The van der Waals surface area contributed by atoms with Crippen LogP contribution >= 0.6 is 0 Å². The van der Waals surface area contributed by atoms with E-state index in [0.29, 0.717) is 25.1 Å². The average Bonchev–Trinajstić information content (AvgIpc) is 2.82. The molecule has 5 heteroatoms. The third-order valence-electron chi connectivity index (χ3n) is 3.80. The molecule has 0 saturated carbocycles. The van der Waals surface area contributed by atoms with Crippen molar-refractivity contribution in [1.82, 2.24) is 4.90 Å². The second-order valence-electron chi connectivity index (χ2n) is 5.10. The predicted octanol–water partition coefficient (Wildman–Crippen LogP) is 1.11. The van der Waals surface area contributed by atoms with Crippen LogP contribution in [0, 0.1) is 11.3 Å². The first-order valence-corrected chi connectivity index (χ1v) is 6.23. The van der Waals surface area contributed by atoms with Crippen LogP contribution in [-0.2, 0) is 4.79 Å². The van der Waals surface area contributed by atoms with E-state index in [0.717, 1.165) is 5.56 Å². The van der Waals surface area contributed by atoms with Gasteiger partial charge in [-0.2, -0.15) is 5.26 Å². The molecule has 1 heterocycles. The Morgan fingerprint density at radius 1 is 1.63 bits per heavy atom. The molecule has 2 rings (SSSR count). The molecule has 5 nitrogen and oxygen atoms in total. The summed E-state index contributed by atoms with van der Waals surface area (Å²) in [7, 11) is 0. The van der Waals surface area contributed by atoms with Gasteiger partial charge in [0, 0.05) is 19.1 Å². The molecule has 0 spiro atoms. The highest BCUT2D eigenvalue weighted by Crippen LogP contribution is 2.28. The molecular formula is C14H17N3O2. The van der Waals surface area contributed by atoms with Gasteiger partial charge in [-0.25, -0.2) is 0 Å². The molecule has 1 fully saturated rings. The van der Waals surface area contributed by atoms with Crippen molar-refractivity contribution >= 4 is 5.97 Å². The monoisotopic (exact) mass is 259 g/mol. The van der Waals surface area contributed by atoms with Crippen molar-refractivity contribution in [3.05, 3.63) is 35.4 Å². The van der Waals surface area contributed by atoms with E-state index >= 15 is 0 Å². The summed E-state index contributed by atoms with van der Waals surface area (Å²) in [4.78, 5) is 13.2. The van der Waals surface area contributed by atoms with Gasteiger partial charge in [-0.3, -0.25) is 9.69 Å². The van der Waals surface area contributed by atoms with Crippen LogP contribution in [-0.4, -0.2) is 34.6 Å². The van der Waals surface area contributed by atoms with Crippen molar-refractivity contribution in [3.8, 4) is 6.07 Å². The average molecular weight is 259 g/mol. The van der Waals surface area contributed by atoms with Crippen LogP contribution in [0.1, 0.15) is 30.5 Å². The normalized spacial score (nSPS) is 24.9. The maximum absolute atomic E-state index is 11.1. The lowest BCUT2D eigenvalue weighted by molar-refractivity contribution is -0.142. The molecule has 19 heavy (non-hydrogen) atoms. The number of hydrogen-bond donors (Lipinski definition) is 2. The fourth-order valence-corrected chi connectivity index (χ4v) is 2.45. The minimum absolute atomic E-state index is 0.0538. The SMILES string of the molecule is CC(c1cccc(C#N)c1)N1CCC(N)(C(=O)O)C1. The highest BCUT2D eigenvalue weighted by atomic mass is 16.4. The molecule has 0 amide bonds. The zero-order valence-electron chi connectivity index (χ0n) is 10.8. The summed E-state index contributed by atoms with van der Waals surface area (Å²) in [6, 6.07) is 9.54.